The van der Waals surface area contributed by atoms with Crippen molar-refractivity contribution in [3.05, 3.63) is 38.8 Å². The van der Waals surface area contributed by atoms with Crippen molar-refractivity contribution in [1.29, 1.82) is 0 Å². The highest BCUT2D eigenvalue weighted by Crippen LogP contribution is 2.27. The number of H-pyrrole nitrogens is 1. The smallest absolute Gasteiger partial charge is 0.305 e. The molecule has 0 atom stereocenters. The van der Waals surface area contributed by atoms with Crippen LogP contribution in [0.1, 0.15) is 4.88 Å². The number of ether oxygens (including phenoxy) is 1. The molecular formula is C16H21N3O2S. The average molecular weight is 319 g/mol. The molecule has 1 aliphatic heterocycles. The van der Waals surface area contributed by atoms with Crippen molar-refractivity contribution in [2.75, 3.05) is 40.3 Å². The lowest BCUT2D eigenvalue weighted by Crippen LogP contribution is -2.43. The maximum absolute atomic E-state index is 11.8. The summed E-state index contributed by atoms with van der Waals surface area (Å²) in [6, 6.07) is 7.83. The summed E-state index contributed by atoms with van der Waals surface area (Å²) in [5.74, 6) is 0.801. The van der Waals surface area contributed by atoms with Gasteiger partial charge in [-0.15, -0.1) is 0 Å². The fourth-order valence-electron chi connectivity index (χ4n) is 2.69. The van der Waals surface area contributed by atoms with Gasteiger partial charge in [-0.05, 0) is 19.2 Å². The van der Waals surface area contributed by atoms with Gasteiger partial charge in [0, 0.05) is 43.2 Å². The van der Waals surface area contributed by atoms with E-state index in [-0.39, 0.29) is 4.87 Å². The molecule has 0 saturated carbocycles. The highest BCUT2D eigenvalue weighted by Gasteiger charge is 2.18. The molecule has 1 fully saturated rings. The van der Waals surface area contributed by atoms with Gasteiger partial charge in [0.1, 0.15) is 5.75 Å². The molecule has 3 rings (SSSR count). The van der Waals surface area contributed by atoms with Crippen molar-refractivity contribution in [1.82, 2.24) is 14.8 Å². The molecular weight excluding hydrogens is 298 g/mol. The van der Waals surface area contributed by atoms with Gasteiger partial charge in [-0.25, -0.2) is 0 Å². The van der Waals surface area contributed by atoms with Gasteiger partial charge in [0.2, 0.25) is 0 Å². The summed E-state index contributed by atoms with van der Waals surface area (Å²) < 4.78 is 5.28. The molecule has 0 spiro atoms. The SMILES string of the molecule is COc1cccc(-c2[nH]c(=O)sc2CN2CCN(C)CC2)c1. The van der Waals surface area contributed by atoms with Crippen LogP contribution in [0.2, 0.25) is 0 Å². The summed E-state index contributed by atoms with van der Waals surface area (Å²) in [5.41, 5.74) is 1.93. The van der Waals surface area contributed by atoms with Crippen molar-refractivity contribution < 1.29 is 4.74 Å². The number of methoxy groups -OCH3 is 1. The Balaban J connectivity index is 1.84. The maximum Gasteiger partial charge on any atom is 0.305 e. The molecule has 2 aromatic rings. The van der Waals surface area contributed by atoms with Crippen LogP contribution in [0.3, 0.4) is 0 Å². The van der Waals surface area contributed by atoms with E-state index < -0.39 is 0 Å². The van der Waals surface area contributed by atoms with Gasteiger partial charge in [0.05, 0.1) is 12.8 Å². The van der Waals surface area contributed by atoms with Gasteiger partial charge >= 0.3 is 4.87 Å². The highest BCUT2D eigenvalue weighted by atomic mass is 32.1. The second-order valence-corrected chi connectivity index (χ2v) is 6.69. The quantitative estimate of drug-likeness (QED) is 0.934. The van der Waals surface area contributed by atoms with Gasteiger partial charge in [0.25, 0.3) is 0 Å². The predicted octanol–water partition coefficient (Wildman–Crippen LogP) is 1.86. The molecule has 5 nitrogen and oxygen atoms in total. The number of piperazine rings is 1. The fourth-order valence-corrected chi connectivity index (χ4v) is 3.59. The number of hydrogen-bond acceptors (Lipinski definition) is 5. The topological polar surface area (TPSA) is 48.6 Å². The number of benzene rings is 1. The van der Waals surface area contributed by atoms with Crippen molar-refractivity contribution in [3.8, 4) is 17.0 Å². The second-order valence-electron chi connectivity index (χ2n) is 5.62. The summed E-state index contributed by atoms with van der Waals surface area (Å²) >= 11 is 1.31. The van der Waals surface area contributed by atoms with E-state index in [1.54, 1.807) is 7.11 Å². The van der Waals surface area contributed by atoms with Crippen LogP contribution in [-0.4, -0.2) is 55.1 Å². The van der Waals surface area contributed by atoms with E-state index in [4.69, 9.17) is 4.74 Å². The monoisotopic (exact) mass is 319 g/mol. The zero-order valence-corrected chi connectivity index (χ0v) is 13.8. The molecule has 0 radical (unpaired) electrons. The Morgan fingerprint density at radius 3 is 2.77 bits per heavy atom. The minimum absolute atomic E-state index is 0.00180. The lowest BCUT2D eigenvalue weighted by Gasteiger charge is -2.32. The number of aromatic amines is 1. The van der Waals surface area contributed by atoms with Gasteiger partial charge < -0.3 is 14.6 Å². The lowest BCUT2D eigenvalue weighted by molar-refractivity contribution is 0.149. The number of aromatic nitrogens is 1. The lowest BCUT2D eigenvalue weighted by atomic mass is 10.1. The number of hydrogen-bond donors (Lipinski definition) is 1. The van der Waals surface area contributed by atoms with Crippen LogP contribution < -0.4 is 9.61 Å². The van der Waals surface area contributed by atoms with Gasteiger partial charge in [-0.2, -0.15) is 0 Å². The Bertz CT molecular complexity index is 687. The summed E-state index contributed by atoms with van der Waals surface area (Å²) in [6.07, 6.45) is 0. The van der Waals surface area contributed by atoms with Crippen LogP contribution in [0.25, 0.3) is 11.3 Å². The maximum atomic E-state index is 11.8. The molecule has 22 heavy (non-hydrogen) atoms. The van der Waals surface area contributed by atoms with Crippen molar-refractivity contribution in [3.63, 3.8) is 0 Å². The van der Waals surface area contributed by atoms with E-state index in [9.17, 15) is 4.79 Å². The first-order chi connectivity index (χ1) is 10.7. The van der Waals surface area contributed by atoms with E-state index in [2.05, 4.69) is 21.8 Å². The first-order valence-corrected chi connectivity index (χ1v) is 8.24. The van der Waals surface area contributed by atoms with E-state index in [0.717, 1.165) is 54.6 Å². The number of thiazole rings is 1. The molecule has 2 heterocycles. The molecule has 1 aromatic carbocycles. The Morgan fingerprint density at radius 2 is 2.05 bits per heavy atom. The molecule has 1 saturated heterocycles. The average Bonchev–Trinajstić information content (AvgIpc) is 2.90. The normalized spacial score (nSPS) is 16.8. The van der Waals surface area contributed by atoms with Gasteiger partial charge in [-0.1, -0.05) is 23.5 Å². The molecule has 0 unspecified atom stereocenters. The van der Waals surface area contributed by atoms with Crippen molar-refractivity contribution in [2.24, 2.45) is 0 Å². The summed E-state index contributed by atoms with van der Waals surface area (Å²) in [6.45, 7) is 5.06. The minimum Gasteiger partial charge on any atom is -0.497 e. The van der Waals surface area contributed by atoms with Crippen molar-refractivity contribution in [2.45, 2.75) is 6.54 Å². The molecule has 1 aromatic heterocycles. The number of nitrogens with zero attached hydrogens (tertiary/aromatic N) is 2. The Hall–Kier alpha value is -1.63. The van der Waals surface area contributed by atoms with Crippen LogP contribution in [-0.2, 0) is 6.54 Å². The van der Waals surface area contributed by atoms with Crippen LogP contribution in [0.4, 0.5) is 0 Å². The number of likely N-dealkylation sites (N-methyl/N-ethyl adjacent to an activating group) is 1. The number of rotatable bonds is 4. The minimum atomic E-state index is 0.00180. The largest absolute Gasteiger partial charge is 0.497 e. The predicted molar refractivity (Wildman–Crippen MR) is 89.7 cm³/mol. The summed E-state index contributed by atoms with van der Waals surface area (Å²) in [7, 11) is 3.80. The Kier molecular flexibility index (Phi) is 4.61. The van der Waals surface area contributed by atoms with Crippen LogP contribution in [0.15, 0.2) is 29.1 Å². The van der Waals surface area contributed by atoms with Gasteiger partial charge in [0.15, 0.2) is 0 Å². The summed E-state index contributed by atoms with van der Waals surface area (Å²) in [4.78, 5) is 20.7. The van der Waals surface area contributed by atoms with E-state index >= 15 is 0 Å². The van der Waals surface area contributed by atoms with E-state index in [0.29, 0.717) is 0 Å². The number of nitrogens with one attached hydrogen (secondary N) is 1. The zero-order chi connectivity index (χ0) is 15.5. The Morgan fingerprint density at radius 1 is 1.27 bits per heavy atom. The molecule has 6 heteroatoms. The first kappa shape index (κ1) is 15.3. The molecule has 1 N–H and O–H groups in total. The standard InChI is InChI=1S/C16H21N3O2S/c1-18-6-8-19(9-7-18)11-14-15(17-16(20)22-14)12-4-3-5-13(10-12)21-2/h3-5,10H,6-9,11H2,1-2H3,(H,17,20). The zero-order valence-electron chi connectivity index (χ0n) is 13.0. The van der Waals surface area contributed by atoms with E-state index in [1.165, 1.54) is 11.3 Å². The van der Waals surface area contributed by atoms with Crippen LogP contribution in [0, 0.1) is 0 Å². The van der Waals surface area contributed by atoms with Gasteiger partial charge in [-0.3, -0.25) is 9.69 Å². The second kappa shape index (κ2) is 6.64. The fraction of sp³-hybridized carbons (Fsp3) is 0.438. The third-order valence-corrected chi connectivity index (χ3v) is 4.91. The van der Waals surface area contributed by atoms with Crippen molar-refractivity contribution >= 4 is 11.3 Å². The Labute approximate surface area is 134 Å². The van der Waals surface area contributed by atoms with Crippen LogP contribution in [0.5, 0.6) is 5.75 Å². The molecule has 1 aliphatic rings. The third kappa shape index (κ3) is 3.40. The molecule has 0 aliphatic carbocycles. The van der Waals surface area contributed by atoms with E-state index in [1.807, 2.05) is 24.3 Å². The summed E-state index contributed by atoms with van der Waals surface area (Å²) in [5, 5.41) is 0. The van der Waals surface area contributed by atoms with Crippen LogP contribution >= 0.6 is 11.3 Å². The third-order valence-electron chi connectivity index (χ3n) is 4.04. The molecule has 118 valence electrons. The molecule has 0 amide bonds. The molecule has 0 bridgehead atoms. The first-order valence-electron chi connectivity index (χ1n) is 7.43. The highest BCUT2D eigenvalue weighted by molar-refractivity contribution is 7.09.